The standard InChI is InChI=1S/C29H27N3O3S2/c1-20(2)14-16-35-24-12-10-21(11-13-24)27-22(18-32(30-27)23-7-4-3-5-8-23)17-26-28(33)31(29(36)37-26)19-25-9-6-15-34-25/h3-13,15,17-18,20H,14,16,19H2,1-2H3/b26-17-. The molecule has 6 nitrogen and oxygen atoms in total. The van der Waals surface area contributed by atoms with Crippen LogP contribution in [0.5, 0.6) is 5.75 Å². The number of carbonyl (C=O) groups is 1. The summed E-state index contributed by atoms with van der Waals surface area (Å²) in [4.78, 5) is 15.3. The molecule has 37 heavy (non-hydrogen) atoms. The van der Waals surface area contributed by atoms with Crippen molar-refractivity contribution in [1.82, 2.24) is 14.7 Å². The number of amides is 1. The minimum absolute atomic E-state index is 0.140. The van der Waals surface area contributed by atoms with Crippen molar-refractivity contribution >= 4 is 40.3 Å². The lowest BCUT2D eigenvalue weighted by molar-refractivity contribution is -0.122. The average Bonchev–Trinajstić information content (AvgIpc) is 3.62. The van der Waals surface area contributed by atoms with Gasteiger partial charge in [0, 0.05) is 17.3 Å². The molecule has 4 aromatic rings. The molecule has 0 bridgehead atoms. The van der Waals surface area contributed by atoms with Crippen molar-refractivity contribution in [2.45, 2.75) is 26.8 Å². The van der Waals surface area contributed by atoms with E-state index in [-0.39, 0.29) is 5.91 Å². The Morgan fingerprint density at radius 2 is 1.86 bits per heavy atom. The van der Waals surface area contributed by atoms with Gasteiger partial charge in [0.25, 0.3) is 5.91 Å². The molecule has 0 atom stereocenters. The van der Waals surface area contributed by atoms with Crippen LogP contribution in [0.25, 0.3) is 23.0 Å². The molecule has 0 radical (unpaired) electrons. The lowest BCUT2D eigenvalue weighted by Crippen LogP contribution is -2.27. The quantitative estimate of drug-likeness (QED) is 0.173. The van der Waals surface area contributed by atoms with Crippen LogP contribution >= 0.6 is 24.0 Å². The van der Waals surface area contributed by atoms with Crippen molar-refractivity contribution in [2.75, 3.05) is 6.61 Å². The molecule has 1 aliphatic rings. The van der Waals surface area contributed by atoms with Gasteiger partial charge in [-0.3, -0.25) is 9.69 Å². The summed E-state index contributed by atoms with van der Waals surface area (Å²) < 4.78 is 13.6. The Kier molecular flexibility index (Phi) is 7.58. The van der Waals surface area contributed by atoms with E-state index in [1.165, 1.54) is 11.8 Å². The van der Waals surface area contributed by atoms with Gasteiger partial charge in [0.05, 0.1) is 35.7 Å². The topological polar surface area (TPSA) is 60.5 Å². The Morgan fingerprint density at radius 1 is 1.08 bits per heavy atom. The van der Waals surface area contributed by atoms with Gasteiger partial charge in [-0.05, 0) is 66.9 Å². The summed E-state index contributed by atoms with van der Waals surface area (Å²) in [5, 5.41) is 4.88. The fraction of sp³-hybridized carbons (Fsp3) is 0.207. The minimum atomic E-state index is -0.140. The van der Waals surface area contributed by atoms with Crippen LogP contribution in [0.3, 0.4) is 0 Å². The van der Waals surface area contributed by atoms with Crippen molar-refractivity contribution in [3.8, 4) is 22.7 Å². The molecule has 0 unspecified atom stereocenters. The number of rotatable bonds is 9. The predicted octanol–water partition coefficient (Wildman–Crippen LogP) is 6.96. The molecule has 1 saturated heterocycles. The van der Waals surface area contributed by atoms with Crippen LogP contribution in [0.4, 0.5) is 0 Å². The van der Waals surface area contributed by atoms with E-state index < -0.39 is 0 Å². The maximum Gasteiger partial charge on any atom is 0.266 e. The summed E-state index contributed by atoms with van der Waals surface area (Å²) in [5.41, 5.74) is 3.47. The number of thiocarbonyl (C=S) groups is 1. The van der Waals surface area contributed by atoms with Crippen molar-refractivity contribution in [3.63, 3.8) is 0 Å². The first-order valence-corrected chi connectivity index (χ1v) is 13.4. The number of furan rings is 1. The zero-order chi connectivity index (χ0) is 25.8. The molecule has 0 aliphatic carbocycles. The van der Waals surface area contributed by atoms with Gasteiger partial charge in [-0.25, -0.2) is 4.68 Å². The number of carbonyl (C=O) groups excluding carboxylic acids is 1. The van der Waals surface area contributed by atoms with Crippen molar-refractivity contribution in [1.29, 1.82) is 0 Å². The minimum Gasteiger partial charge on any atom is -0.494 e. The molecule has 1 fully saturated rings. The Morgan fingerprint density at radius 3 is 2.57 bits per heavy atom. The van der Waals surface area contributed by atoms with Crippen molar-refractivity contribution in [3.05, 3.63) is 95.4 Å². The third kappa shape index (κ3) is 5.87. The highest BCUT2D eigenvalue weighted by Gasteiger charge is 2.33. The third-order valence-electron chi connectivity index (χ3n) is 5.91. The molecule has 1 amide bonds. The second kappa shape index (κ2) is 11.2. The smallest absolute Gasteiger partial charge is 0.266 e. The van der Waals surface area contributed by atoms with Crippen LogP contribution in [0.1, 0.15) is 31.6 Å². The predicted molar refractivity (Wildman–Crippen MR) is 151 cm³/mol. The monoisotopic (exact) mass is 529 g/mol. The molecule has 0 N–H and O–H groups in total. The van der Waals surface area contributed by atoms with Crippen LogP contribution < -0.4 is 4.74 Å². The molecule has 2 aromatic heterocycles. The maximum atomic E-state index is 13.2. The Labute approximate surface area is 225 Å². The second-order valence-electron chi connectivity index (χ2n) is 9.12. The lowest BCUT2D eigenvalue weighted by atomic mass is 10.1. The zero-order valence-electron chi connectivity index (χ0n) is 20.7. The highest BCUT2D eigenvalue weighted by atomic mass is 32.2. The van der Waals surface area contributed by atoms with Crippen molar-refractivity contribution < 1.29 is 13.9 Å². The van der Waals surface area contributed by atoms with Crippen LogP contribution in [0.15, 0.2) is 88.5 Å². The van der Waals surface area contributed by atoms with Gasteiger partial charge in [-0.1, -0.05) is 56.0 Å². The normalized spacial score (nSPS) is 14.8. The summed E-state index contributed by atoms with van der Waals surface area (Å²) in [7, 11) is 0. The Balaban J connectivity index is 1.45. The van der Waals surface area contributed by atoms with E-state index in [1.807, 2.05) is 77.6 Å². The number of aromatic nitrogens is 2. The number of nitrogens with zero attached hydrogens (tertiary/aromatic N) is 3. The number of para-hydroxylation sites is 1. The highest BCUT2D eigenvalue weighted by molar-refractivity contribution is 8.26. The number of benzene rings is 2. The zero-order valence-corrected chi connectivity index (χ0v) is 22.3. The molecule has 5 rings (SSSR count). The van der Waals surface area contributed by atoms with Gasteiger partial charge < -0.3 is 9.15 Å². The molecule has 0 spiro atoms. The summed E-state index contributed by atoms with van der Waals surface area (Å²) in [6.07, 6.45) is 6.41. The van der Waals surface area contributed by atoms with Crippen LogP contribution in [-0.4, -0.2) is 31.5 Å². The maximum absolute atomic E-state index is 13.2. The third-order valence-corrected chi connectivity index (χ3v) is 7.29. The van der Waals surface area contributed by atoms with Crippen LogP contribution in [0.2, 0.25) is 0 Å². The van der Waals surface area contributed by atoms with Gasteiger partial charge in [-0.2, -0.15) is 5.10 Å². The summed E-state index contributed by atoms with van der Waals surface area (Å²) in [6.45, 7) is 5.36. The fourth-order valence-electron chi connectivity index (χ4n) is 3.89. The Bertz CT molecular complexity index is 1410. The molecule has 0 saturated carbocycles. The summed E-state index contributed by atoms with van der Waals surface area (Å²) in [5.74, 6) is 1.97. The first-order valence-electron chi connectivity index (χ1n) is 12.1. The second-order valence-corrected chi connectivity index (χ2v) is 10.8. The van der Waals surface area contributed by atoms with Gasteiger partial charge in [0.2, 0.25) is 0 Å². The SMILES string of the molecule is CC(C)CCOc1ccc(-c2nn(-c3ccccc3)cc2/C=C2\SC(=S)N(Cc3ccco3)C2=O)cc1. The van der Waals surface area contributed by atoms with E-state index in [0.717, 1.165) is 34.7 Å². The van der Waals surface area contributed by atoms with E-state index in [1.54, 1.807) is 17.2 Å². The van der Waals surface area contributed by atoms with Crippen molar-refractivity contribution in [2.24, 2.45) is 5.92 Å². The summed E-state index contributed by atoms with van der Waals surface area (Å²) >= 11 is 6.80. The number of hydrogen-bond donors (Lipinski definition) is 0. The Hall–Kier alpha value is -3.62. The first-order chi connectivity index (χ1) is 18.0. The lowest BCUT2D eigenvalue weighted by Gasteiger charge is -2.11. The molecular formula is C29H27N3O3S2. The van der Waals surface area contributed by atoms with Gasteiger partial charge in [-0.15, -0.1) is 0 Å². The van der Waals surface area contributed by atoms with E-state index in [0.29, 0.717) is 34.1 Å². The number of ether oxygens (including phenoxy) is 1. The molecule has 3 heterocycles. The van der Waals surface area contributed by atoms with Gasteiger partial charge in [0.15, 0.2) is 0 Å². The number of hydrogen-bond acceptors (Lipinski definition) is 6. The average molecular weight is 530 g/mol. The molecule has 8 heteroatoms. The molecule has 188 valence electrons. The van der Waals surface area contributed by atoms with E-state index in [9.17, 15) is 4.79 Å². The van der Waals surface area contributed by atoms with E-state index >= 15 is 0 Å². The van der Waals surface area contributed by atoms with Gasteiger partial charge >= 0.3 is 0 Å². The molecular weight excluding hydrogens is 502 g/mol. The summed E-state index contributed by atoms with van der Waals surface area (Å²) in [6, 6.07) is 21.5. The first kappa shape index (κ1) is 25.0. The van der Waals surface area contributed by atoms with Gasteiger partial charge in [0.1, 0.15) is 15.8 Å². The largest absolute Gasteiger partial charge is 0.494 e. The van der Waals surface area contributed by atoms with E-state index in [4.69, 9.17) is 26.5 Å². The van der Waals surface area contributed by atoms with Crippen LogP contribution in [0, 0.1) is 5.92 Å². The van der Waals surface area contributed by atoms with E-state index in [2.05, 4.69) is 13.8 Å². The highest BCUT2D eigenvalue weighted by Crippen LogP contribution is 2.36. The fourth-order valence-corrected chi connectivity index (χ4v) is 5.13. The molecule has 2 aromatic carbocycles. The molecule has 1 aliphatic heterocycles. The number of thioether (sulfide) groups is 1. The van der Waals surface area contributed by atoms with Crippen LogP contribution in [-0.2, 0) is 11.3 Å².